The van der Waals surface area contributed by atoms with Gasteiger partial charge in [-0.1, -0.05) is 19.3 Å². The summed E-state index contributed by atoms with van der Waals surface area (Å²) in [7, 11) is 1.36. The Balaban J connectivity index is 1.69. The summed E-state index contributed by atoms with van der Waals surface area (Å²) in [6.45, 7) is 1.38. The number of urea groups is 1. The van der Waals surface area contributed by atoms with Gasteiger partial charge in [0.25, 0.3) is 0 Å². The molecule has 0 aromatic carbocycles. The standard InChI is InChI=1S/C14H25N3O3/c1-20-14(19)16-12-7-9-17(10-8-12)13(18)15-11-5-3-2-4-6-11/h11-12H,2-10H2,1H3,(H,15,18)(H,16,19). The molecule has 2 fully saturated rings. The molecule has 1 aliphatic heterocycles. The molecule has 6 nitrogen and oxygen atoms in total. The SMILES string of the molecule is COC(=O)NC1CCN(C(=O)NC2CCCCC2)CC1. The molecule has 1 saturated heterocycles. The van der Waals surface area contributed by atoms with E-state index in [1.54, 1.807) is 0 Å². The van der Waals surface area contributed by atoms with Gasteiger partial charge >= 0.3 is 12.1 Å². The molecule has 3 amide bonds. The predicted octanol–water partition coefficient (Wildman–Crippen LogP) is 1.85. The van der Waals surface area contributed by atoms with E-state index in [1.807, 2.05) is 4.90 Å². The molecular formula is C14H25N3O3. The predicted molar refractivity (Wildman–Crippen MR) is 75.5 cm³/mol. The van der Waals surface area contributed by atoms with Gasteiger partial charge in [-0.3, -0.25) is 0 Å². The van der Waals surface area contributed by atoms with E-state index in [2.05, 4.69) is 15.4 Å². The normalized spacial score (nSPS) is 21.4. The van der Waals surface area contributed by atoms with E-state index >= 15 is 0 Å². The monoisotopic (exact) mass is 283 g/mol. The minimum Gasteiger partial charge on any atom is -0.453 e. The van der Waals surface area contributed by atoms with Crippen molar-refractivity contribution >= 4 is 12.1 Å². The number of nitrogens with one attached hydrogen (secondary N) is 2. The summed E-state index contributed by atoms with van der Waals surface area (Å²) in [5, 5.41) is 5.92. The van der Waals surface area contributed by atoms with E-state index < -0.39 is 6.09 Å². The maximum absolute atomic E-state index is 12.2. The van der Waals surface area contributed by atoms with Crippen LogP contribution in [0.4, 0.5) is 9.59 Å². The smallest absolute Gasteiger partial charge is 0.407 e. The first-order valence-corrected chi connectivity index (χ1v) is 7.59. The van der Waals surface area contributed by atoms with E-state index in [-0.39, 0.29) is 12.1 Å². The summed E-state index contributed by atoms with van der Waals surface area (Å²) in [5.74, 6) is 0. The first-order chi connectivity index (χ1) is 9.69. The first kappa shape index (κ1) is 14.9. The van der Waals surface area contributed by atoms with Crippen LogP contribution >= 0.6 is 0 Å². The van der Waals surface area contributed by atoms with Gasteiger partial charge in [0.15, 0.2) is 0 Å². The summed E-state index contributed by atoms with van der Waals surface area (Å²) in [6, 6.07) is 0.511. The average molecular weight is 283 g/mol. The number of hydrogen-bond donors (Lipinski definition) is 2. The van der Waals surface area contributed by atoms with Crippen molar-refractivity contribution in [2.45, 2.75) is 57.0 Å². The second kappa shape index (κ2) is 7.36. The maximum Gasteiger partial charge on any atom is 0.407 e. The van der Waals surface area contributed by atoms with E-state index in [1.165, 1.54) is 26.4 Å². The number of carbonyl (C=O) groups is 2. The number of likely N-dealkylation sites (tertiary alicyclic amines) is 1. The Labute approximate surface area is 120 Å². The number of ether oxygens (including phenoxy) is 1. The van der Waals surface area contributed by atoms with Crippen LogP contribution in [0.15, 0.2) is 0 Å². The average Bonchev–Trinajstić information content (AvgIpc) is 2.49. The highest BCUT2D eigenvalue weighted by Crippen LogP contribution is 2.18. The molecule has 0 atom stereocenters. The number of rotatable bonds is 2. The number of hydrogen-bond acceptors (Lipinski definition) is 3. The van der Waals surface area contributed by atoms with Crippen LogP contribution in [-0.4, -0.2) is 49.3 Å². The van der Waals surface area contributed by atoms with Gasteiger partial charge in [0.2, 0.25) is 0 Å². The van der Waals surface area contributed by atoms with E-state index in [0.29, 0.717) is 19.1 Å². The van der Waals surface area contributed by atoms with Crippen LogP contribution in [0.5, 0.6) is 0 Å². The first-order valence-electron chi connectivity index (χ1n) is 7.59. The topological polar surface area (TPSA) is 70.7 Å². The van der Waals surface area contributed by atoms with Gasteiger partial charge in [-0.05, 0) is 25.7 Å². The van der Waals surface area contributed by atoms with Gasteiger partial charge in [-0.15, -0.1) is 0 Å². The summed E-state index contributed by atoms with van der Waals surface area (Å²) in [4.78, 5) is 25.1. The second-order valence-electron chi connectivity index (χ2n) is 5.68. The molecule has 0 spiro atoms. The second-order valence-corrected chi connectivity index (χ2v) is 5.68. The Morgan fingerprint density at radius 3 is 2.15 bits per heavy atom. The number of methoxy groups -OCH3 is 1. The molecule has 0 radical (unpaired) electrons. The third-order valence-electron chi connectivity index (χ3n) is 4.22. The number of alkyl carbamates (subject to hydrolysis) is 1. The summed E-state index contributed by atoms with van der Waals surface area (Å²) in [6.07, 6.45) is 7.11. The molecule has 0 aromatic heterocycles. The fourth-order valence-corrected chi connectivity index (χ4v) is 2.97. The molecule has 20 heavy (non-hydrogen) atoms. The zero-order valence-corrected chi connectivity index (χ0v) is 12.2. The van der Waals surface area contributed by atoms with Crippen molar-refractivity contribution in [1.29, 1.82) is 0 Å². The van der Waals surface area contributed by atoms with E-state index in [9.17, 15) is 9.59 Å². The Morgan fingerprint density at radius 1 is 0.950 bits per heavy atom. The van der Waals surface area contributed by atoms with Crippen LogP contribution in [-0.2, 0) is 4.74 Å². The van der Waals surface area contributed by atoms with Crippen molar-refractivity contribution in [2.24, 2.45) is 0 Å². The number of piperidine rings is 1. The van der Waals surface area contributed by atoms with E-state index in [0.717, 1.165) is 25.7 Å². The van der Waals surface area contributed by atoms with Gasteiger partial charge in [0.05, 0.1) is 7.11 Å². The number of carbonyl (C=O) groups excluding carboxylic acids is 2. The Kier molecular flexibility index (Phi) is 5.49. The summed E-state index contributed by atoms with van der Waals surface area (Å²) in [5.41, 5.74) is 0. The highest BCUT2D eigenvalue weighted by Gasteiger charge is 2.25. The van der Waals surface area contributed by atoms with Crippen LogP contribution in [0.3, 0.4) is 0 Å². The minimum absolute atomic E-state index is 0.0495. The molecule has 114 valence electrons. The van der Waals surface area contributed by atoms with Gasteiger partial charge in [-0.2, -0.15) is 0 Å². The molecular weight excluding hydrogens is 258 g/mol. The third kappa shape index (κ3) is 4.28. The molecule has 2 rings (SSSR count). The Hall–Kier alpha value is -1.46. The van der Waals surface area contributed by atoms with Crippen LogP contribution in [0.2, 0.25) is 0 Å². The zero-order valence-electron chi connectivity index (χ0n) is 12.2. The molecule has 1 saturated carbocycles. The molecule has 2 aliphatic rings. The lowest BCUT2D eigenvalue weighted by Gasteiger charge is -2.34. The van der Waals surface area contributed by atoms with Crippen LogP contribution in [0.1, 0.15) is 44.9 Å². The van der Waals surface area contributed by atoms with Gasteiger partial charge in [0.1, 0.15) is 0 Å². The molecule has 0 bridgehead atoms. The van der Waals surface area contributed by atoms with Crippen LogP contribution < -0.4 is 10.6 Å². The van der Waals surface area contributed by atoms with Crippen LogP contribution in [0, 0.1) is 0 Å². The molecule has 6 heteroatoms. The lowest BCUT2D eigenvalue weighted by atomic mass is 9.95. The maximum atomic E-state index is 12.2. The highest BCUT2D eigenvalue weighted by atomic mass is 16.5. The van der Waals surface area contributed by atoms with Crippen molar-refractivity contribution in [3.05, 3.63) is 0 Å². The fraction of sp³-hybridized carbons (Fsp3) is 0.857. The van der Waals surface area contributed by atoms with Crippen molar-refractivity contribution < 1.29 is 14.3 Å². The highest BCUT2D eigenvalue weighted by molar-refractivity contribution is 5.74. The third-order valence-corrected chi connectivity index (χ3v) is 4.22. The van der Waals surface area contributed by atoms with Gasteiger partial charge in [0, 0.05) is 25.2 Å². The number of amides is 3. The molecule has 1 aliphatic carbocycles. The number of nitrogens with zero attached hydrogens (tertiary/aromatic N) is 1. The quantitative estimate of drug-likeness (QED) is 0.812. The van der Waals surface area contributed by atoms with Crippen molar-refractivity contribution in [1.82, 2.24) is 15.5 Å². The molecule has 0 unspecified atom stereocenters. The van der Waals surface area contributed by atoms with Crippen molar-refractivity contribution in [3.63, 3.8) is 0 Å². The van der Waals surface area contributed by atoms with Crippen LogP contribution in [0.25, 0.3) is 0 Å². The Morgan fingerprint density at radius 2 is 1.55 bits per heavy atom. The molecule has 0 aromatic rings. The summed E-state index contributed by atoms with van der Waals surface area (Å²) >= 11 is 0. The summed E-state index contributed by atoms with van der Waals surface area (Å²) < 4.78 is 4.58. The zero-order chi connectivity index (χ0) is 14.4. The molecule has 2 N–H and O–H groups in total. The largest absolute Gasteiger partial charge is 0.453 e. The Bertz CT molecular complexity index is 335. The van der Waals surface area contributed by atoms with Gasteiger partial charge in [-0.25, -0.2) is 9.59 Å². The van der Waals surface area contributed by atoms with E-state index in [4.69, 9.17) is 0 Å². The van der Waals surface area contributed by atoms with Gasteiger partial charge < -0.3 is 20.3 Å². The van der Waals surface area contributed by atoms with Crippen molar-refractivity contribution in [2.75, 3.05) is 20.2 Å². The lowest BCUT2D eigenvalue weighted by Crippen LogP contribution is -2.51. The molecule has 1 heterocycles. The fourth-order valence-electron chi connectivity index (χ4n) is 2.97. The lowest BCUT2D eigenvalue weighted by molar-refractivity contribution is 0.151. The minimum atomic E-state index is -0.393. The van der Waals surface area contributed by atoms with Crippen molar-refractivity contribution in [3.8, 4) is 0 Å².